The monoisotopic (exact) mass is 321 g/mol. The number of nitriles is 1. The van der Waals surface area contributed by atoms with Gasteiger partial charge in [-0.2, -0.15) is 5.26 Å². The molecule has 1 heterocycles. The lowest BCUT2D eigenvalue weighted by atomic mass is 9.92. The van der Waals surface area contributed by atoms with Gasteiger partial charge in [-0.25, -0.2) is 0 Å². The molecule has 19 heavy (non-hydrogen) atoms. The quantitative estimate of drug-likeness (QED) is 0.832. The molecule has 2 unspecified atom stereocenters. The molecular formula is C15H16BrNO2. The Morgan fingerprint density at radius 1 is 1.53 bits per heavy atom. The molecule has 0 radical (unpaired) electrons. The first-order valence-electron chi connectivity index (χ1n) is 6.50. The lowest BCUT2D eigenvalue weighted by Gasteiger charge is -2.12. The van der Waals surface area contributed by atoms with E-state index in [1.54, 1.807) is 0 Å². The van der Waals surface area contributed by atoms with Gasteiger partial charge in [0.15, 0.2) is 5.78 Å². The second-order valence-corrected chi connectivity index (χ2v) is 5.58. The zero-order valence-electron chi connectivity index (χ0n) is 10.6. The number of ketones is 1. The highest BCUT2D eigenvalue weighted by Gasteiger charge is 2.24. The number of carbonyl (C=O) groups excluding carboxylic acids is 1. The van der Waals surface area contributed by atoms with Crippen LogP contribution in [-0.4, -0.2) is 18.5 Å². The summed E-state index contributed by atoms with van der Waals surface area (Å²) in [6.07, 6.45) is 3.43. The van der Waals surface area contributed by atoms with E-state index in [9.17, 15) is 10.1 Å². The van der Waals surface area contributed by atoms with Crippen molar-refractivity contribution in [1.29, 1.82) is 5.26 Å². The zero-order chi connectivity index (χ0) is 13.7. The van der Waals surface area contributed by atoms with Crippen LogP contribution in [0.5, 0.6) is 0 Å². The van der Waals surface area contributed by atoms with Gasteiger partial charge in [-0.15, -0.1) is 0 Å². The Hall–Kier alpha value is -1.18. The largest absolute Gasteiger partial charge is 0.378 e. The van der Waals surface area contributed by atoms with Crippen molar-refractivity contribution in [2.75, 3.05) is 6.61 Å². The molecule has 1 aromatic rings. The summed E-state index contributed by atoms with van der Waals surface area (Å²) in [4.78, 5) is 12.2. The highest BCUT2D eigenvalue weighted by Crippen LogP contribution is 2.27. The Kier molecular flexibility index (Phi) is 5.12. The number of benzene rings is 1. The molecule has 3 nitrogen and oxygen atoms in total. The van der Waals surface area contributed by atoms with Gasteiger partial charge in [0.2, 0.25) is 0 Å². The minimum Gasteiger partial charge on any atom is -0.378 e. The molecule has 1 saturated heterocycles. The van der Waals surface area contributed by atoms with Crippen LogP contribution in [0.3, 0.4) is 0 Å². The number of ether oxygens (including phenoxy) is 1. The van der Waals surface area contributed by atoms with E-state index in [4.69, 9.17) is 4.74 Å². The fourth-order valence-corrected chi connectivity index (χ4v) is 2.86. The van der Waals surface area contributed by atoms with E-state index in [2.05, 4.69) is 22.0 Å². The van der Waals surface area contributed by atoms with Gasteiger partial charge in [0.25, 0.3) is 0 Å². The standard InChI is InChI=1S/C15H16BrNO2/c16-14-6-2-1-5-12(14)13(10-17)15(18)8-7-11-4-3-9-19-11/h1-2,5-6,11,13H,3-4,7-9H2. The third kappa shape index (κ3) is 3.65. The lowest BCUT2D eigenvalue weighted by molar-refractivity contribution is -0.120. The maximum absolute atomic E-state index is 12.2. The van der Waals surface area contributed by atoms with Gasteiger partial charge in [0.1, 0.15) is 5.92 Å². The molecule has 0 amide bonds. The van der Waals surface area contributed by atoms with Crippen molar-refractivity contribution >= 4 is 21.7 Å². The van der Waals surface area contributed by atoms with Gasteiger partial charge in [-0.3, -0.25) is 4.79 Å². The zero-order valence-corrected chi connectivity index (χ0v) is 12.2. The van der Waals surface area contributed by atoms with Crippen LogP contribution in [-0.2, 0) is 9.53 Å². The summed E-state index contributed by atoms with van der Waals surface area (Å²) >= 11 is 3.40. The Bertz CT molecular complexity index is 489. The highest BCUT2D eigenvalue weighted by molar-refractivity contribution is 9.10. The number of halogens is 1. The van der Waals surface area contributed by atoms with Crippen molar-refractivity contribution in [2.24, 2.45) is 0 Å². The third-order valence-corrected chi connectivity index (χ3v) is 4.13. The van der Waals surface area contributed by atoms with E-state index in [0.29, 0.717) is 6.42 Å². The average Bonchev–Trinajstić information content (AvgIpc) is 2.92. The van der Waals surface area contributed by atoms with Gasteiger partial charge in [-0.05, 0) is 30.9 Å². The lowest BCUT2D eigenvalue weighted by Crippen LogP contribution is -2.15. The summed E-state index contributed by atoms with van der Waals surface area (Å²) in [5.41, 5.74) is 0.752. The predicted molar refractivity (Wildman–Crippen MR) is 75.7 cm³/mol. The van der Waals surface area contributed by atoms with E-state index in [1.807, 2.05) is 24.3 Å². The first kappa shape index (κ1) is 14.2. The molecule has 2 rings (SSSR count). The van der Waals surface area contributed by atoms with Crippen molar-refractivity contribution in [3.05, 3.63) is 34.3 Å². The molecule has 1 aromatic carbocycles. The molecule has 0 spiro atoms. The van der Waals surface area contributed by atoms with E-state index in [0.717, 1.165) is 35.9 Å². The smallest absolute Gasteiger partial charge is 0.154 e. The second-order valence-electron chi connectivity index (χ2n) is 4.72. The minimum atomic E-state index is -0.683. The van der Waals surface area contributed by atoms with Gasteiger partial charge in [-0.1, -0.05) is 34.1 Å². The maximum atomic E-state index is 12.2. The molecule has 0 bridgehead atoms. The van der Waals surface area contributed by atoms with Gasteiger partial charge in [0.05, 0.1) is 12.2 Å². The molecule has 1 aliphatic heterocycles. The van der Waals surface area contributed by atoms with Crippen molar-refractivity contribution in [2.45, 2.75) is 37.7 Å². The van der Waals surface area contributed by atoms with Crippen LogP contribution < -0.4 is 0 Å². The molecule has 4 heteroatoms. The molecular weight excluding hydrogens is 306 g/mol. The summed E-state index contributed by atoms with van der Waals surface area (Å²) < 4.78 is 6.31. The third-order valence-electron chi connectivity index (χ3n) is 3.40. The van der Waals surface area contributed by atoms with E-state index >= 15 is 0 Å². The minimum absolute atomic E-state index is 0.0232. The Morgan fingerprint density at radius 3 is 2.95 bits per heavy atom. The first-order chi connectivity index (χ1) is 9.22. The summed E-state index contributed by atoms with van der Waals surface area (Å²) in [7, 11) is 0. The molecule has 1 fully saturated rings. The van der Waals surface area contributed by atoms with Crippen molar-refractivity contribution < 1.29 is 9.53 Å². The Labute approximate surface area is 121 Å². The molecule has 2 atom stereocenters. The van der Waals surface area contributed by atoms with Crippen LogP contribution in [0.4, 0.5) is 0 Å². The maximum Gasteiger partial charge on any atom is 0.154 e. The number of nitrogens with zero attached hydrogens (tertiary/aromatic N) is 1. The summed E-state index contributed by atoms with van der Waals surface area (Å²) in [6, 6.07) is 9.51. The van der Waals surface area contributed by atoms with Crippen molar-refractivity contribution in [3.63, 3.8) is 0 Å². The fourth-order valence-electron chi connectivity index (χ4n) is 2.34. The number of Topliss-reactive ketones (excluding diaryl/α,β-unsaturated/α-hetero) is 1. The van der Waals surface area contributed by atoms with Crippen LogP contribution >= 0.6 is 15.9 Å². The topological polar surface area (TPSA) is 50.1 Å². The molecule has 1 aliphatic rings. The number of carbonyl (C=O) groups is 1. The van der Waals surface area contributed by atoms with Crippen LogP contribution in [0.25, 0.3) is 0 Å². The molecule has 0 N–H and O–H groups in total. The highest BCUT2D eigenvalue weighted by atomic mass is 79.9. The first-order valence-corrected chi connectivity index (χ1v) is 7.30. The molecule has 0 aromatic heterocycles. The van der Waals surface area contributed by atoms with E-state index in [1.165, 1.54) is 0 Å². The van der Waals surface area contributed by atoms with E-state index in [-0.39, 0.29) is 11.9 Å². The number of rotatable bonds is 5. The summed E-state index contributed by atoms with van der Waals surface area (Å²) in [5, 5.41) is 9.24. The van der Waals surface area contributed by atoms with Gasteiger partial charge < -0.3 is 4.74 Å². The average molecular weight is 322 g/mol. The second kappa shape index (κ2) is 6.83. The molecule has 0 saturated carbocycles. The Balaban J connectivity index is 1.99. The molecule has 0 aliphatic carbocycles. The Morgan fingerprint density at radius 2 is 2.32 bits per heavy atom. The number of hydrogen-bond donors (Lipinski definition) is 0. The normalized spacial score (nSPS) is 19.9. The van der Waals surface area contributed by atoms with Gasteiger partial charge in [0, 0.05) is 17.5 Å². The van der Waals surface area contributed by atoms with Crippen LogP contribution in [0.15, 0.2) is 28.7 Å². The summed E-state index contributed by atoms with van der Waals surface area (Å²) in [5.74, 6) is -0.707. The SMILES string of the molecule is N#CC(C(=O)CCC1CCCO1)c1ccccc1Br. The van der Waals surface area contributed by atoms with Crippen LogP contribution in [0, 0.1) is 11.3 Å². The van der Waals surface area contributed by atoms with E-state index < -0.39 is 5.92 Å². The van der Waals surface area contributed by atoms with Crippen LogP contribution in [0.1, 0.15) is 37.2 Å². The predicted octanol–water partition coefficient (Wildman–Crippen LogP) is 3.58. The van der Waals surface area contributed by atoms with Crippen LogP contribution in [0.2, 0.25) is 0 Å². The summed E-state index contributed by atoms with van der Waals surface area (Å²) in [6.45, 7) is 0.796. The van der Waals surface area contributed by atoms with Crippen molar-refractivity contribution in [3.8, 4) is 6.07 Å². The van der Waals surface area contributed by atoms with Crippen molar-refractivity contribution in [1.82, 2.24) is 0 Å². The fraction of sp³-hybridized carbons (Fsp3) is 0.467. The molecule has 100 valence electrons. The number of hydrogen-bond acceptors (Lipinski definition) is 3. The van der Waals surface area contributed by atoms with Gasteiger partial charge >= 0.3 is 0 Å².